The van der Waals surface area contributed by atoms with Crippen LogP contribution in [-0.4, -0.2) is 65.8 Å². The first kappa shape index (κ1) is 23.9. The van der Waals surface area contributed by atoms with Gasteiger partial charge in [0.1, 0.15) is 18.2 Å². The Bertz CT molecular complexity index is 985. The van der Waals surface area contributed by atoms with E-state index >= 15 is 0 Å². The van der Waals surface area contributed by atoms with E-state index in [4.69, 9.17) is 9.47 Å². The van der Waals surface area contributed by atoms with Crippen molar-refractivity contribution >= 4 is 17.5 Å². The molecule has 2 aromatic rings. The van der Waals surface area contributed by atoms with Crippen LogP contribution in [0.25, 0.3) is 0 Å². The molecule has 0 atom stereocenters. The number of amides is 1. The molecular formula is C24H34N4O4. The summed E-state index contributed by atoms with van der Waals surface area (Å²) in [5.41, 5.74) is 2.67. The first-order chi connectivity index (χ1) is 15.1. The molecule has 1 aromatic carbocycles. The number of hydrogen-bond donors (Lipinski definition) is 1. The molecular weight excluding hydrogens is 408 g/mol. The van der Waals surface area contributed by atoms with E-state index in [0.717, 1.165) is 55.4 Å². The zero-order valence-electron chi connectivity index (χ0n) is 19.9. The summed E-state index contributed by atoms with van der Waals surface area (Å²) in [4.78, 5) is 27.8. The highest BCUT2D eigenvalue weighted by molar-refractivity contribution is 6.46. The Labute approximate surface area is 189 Å². The topological polar surface area (TPSA) is 85.7 Å². The SMILES string of the molecule is Cc1c(OCCN2CCOCC2)ccc(C(=O)C(=O)Nc2cc(C(C)(C)C)nn2C)c1C. The van der Waals surface area contributed by atoms with Crippen LogP contribution in [-0.2, 0) is 22.0 Å². The number of carbonyl (C=O) groups is 2. The van der Waals surface area contributed by atoms with Gasteiger partial charge in [-0.15, -0.1) is 0 Å². The molecule has 8 nitrogen and oxygen atoms in total. The number of benzene rings is 1. The summed E-state index contributed by atoms with van der Waals surface area (Å²) >= 11 is 0. The smallest absolute Gasteiger partial charge is 0.297 e. The van der Waals surface area contributed by atoms with Crippen LogP contribution in [0.4, 0.5) is 5.82 Å². The van der Waals surface area contributed by atoms with Crippen LogP contribution in [0.15, 0.2) is 18.2 Å². The number of nitrogens with zero attached hydrogens (tertiary/aromatic N) is 3. The Balaban J connectivity index is 1.65. The second-order valence-corrected chi connectivity index (χ2v) is 9.24. The molecule has 32 heavy (non-hydrogen) atoms. The minimum Gasteiger partial charge on any atom is -0.492 e. The van der Waals surface area contributed by atoms with Crippen LogP contribution >= 0.6 is 0 Å². The molecule has 0 bridgehead atoms. The Kier molecular flexibility index (Phi) is 7.36. The number of nitrogens with one attached hydrogen (secondary N) is 1. The van der Waals surface area contributed by atoms with Crippen LogP contribution in [0, 0.1) is 13.8 Å². The fraction of sp³-hybridized carbons (Fsp3) is 0.542. The van der Waals surface area contributed by atoms with Gasteiger partial charge in [-0.25, -0.2) is 0 Å². The zero-order chi connectivity index (χ0) is 23.5. The molecule has 2 heterocycles. The second-order valence-electron chi connectivity index (χ2n) is 9.24. The maximum atomic E-state index is 12.9. The van der Waals surface area contributed by atoms with Gasteiger partial charge in [0.05, 0.1) is 18.9 Å². The third-order valence-electron chi connectivity index (χ3n) is 5.85. The number of anilines is 1. The lowest BCUT2D eigenvalue weighted by Gasteiger charge is -2.26. The van der Waals surface area contributed by atoms with Gasteiger partial charge >= 0.3 is 0 Å². The molecule has 0 radical (unpaired) electrons. The van der Waals surface area contributed by atoms with Gasteiger partial charge in [0, 0.05) is 43.7 Å². The van der Waals surface area contributed by atoms with Gasteiger partial charge in [0.2, 0.25) is 0 Å². The number of aromatic nitrogens is 2. The van der Waals surface area contributed by atoms with Crippen molar-refractivity contribution in [2.45, 2.75) is 40.0 Å². The Morgan fingerprint density at radius 3 is 2.47 bits per heavy atom. The highest BCUT2D eigenvalue weighted by Crippen LogP contribution is 2.26. The molecule has 3 rings (SSSR count). The number of Topliss-reactive ketones (excluding diaryl/α,β-unsaturated/α-hetero) is 1. The predicted octanol–water partition coefficient (Wildman–Crippen LogP) is 2.87. The summed E-state index contributed by atoms with van der Waals surface area (Å²) in [6.07, 6.45) is 0. The molecule has 0 saturated carbocycles. The quantitative estimate of drug-likeness (QED) is 0.524. The number of aryl methyl sites for hydroxylation is 1. The van der Waals surface area contributed by atoms with Crippen molar-refractivity contribution in [2.24, 2.45) is 7.05 Å². The first-order valence-corrected chi connectivity index (χ1v) is 11.0. The molecule has 1 fully saturated rings. The molecule has 1 aliphatic rings. The Morgan fingerprint density at radius 2 is 1.84 bits per heavy atom. The van der Waals surface area contributed by atoms with Crippen LogP contribution in [0.1, 0.15) is 48.0 Å². The van der Waals surface area contributed by atoms with E-state index in [2.05, 4.69) is 15.3 Å². The van der Waals surface area contributed by atoms with Crippen molar-refractivity contribution in [1.82, 2.24) is 14.7 Å². The summed E-state index contributed by atoms with van der Waals surface area (Å²) in [5.74, 6) is -0.0409. The maximum absolute atomic E-state index is 12.9. The van der Waals surface area contributed by atoms with E-state index in [1.807, 2.05) is 34.6 Å². The highest BCUT2D eigenvalue weighted by Gasteiger charge is 2.24. The molecule has 1 saturated heterocycles. The number of ketones is 1. The predicted molar refractivity (Wildman–Crippen MR) is 124 cm³/mol. The van der Waals surface area contributed by atoms with Crippen LogP contribution < -0.4 is 10.1 Å². The third kappa shape index (κ3) is 5.55. The summed E-state index contributed by atoms with van der Waals surface area (Å²) < 4.78 is 12.9. The molecule has 0 spiro atoms. The van der Waals surface area contributed by atoms with Gasteiger partial charge in [-0.1, -0.05) is 20.8 Å². The van der Waals surface area contributed by atoms with Crippen molar-refractivity contribution in [2.75, 3.05) is 44.8 Å². The van der Waals surface area contributed by atoms with E-state index in [9.17, 15) is 9.59 Å². The van der Waals surface area contributed by atoms with Crippen LogP contribution in [0.3, 0.4) is 0 Å². The Morgan fingerprint density at radius 1 is 1.16 bits per heavy atom. The number of ether oxygens (including phenoxy) is 2. The van der Waals surface area contributed by atoms with E-state index in [1.165, 1.54) is 0 Å². The van der Waals surface area contributed by atoms with Gasteiger partial charge in [-0.3, -0.25) is 19.2 Å². The van der Waals surface area contributed by atoms with Gasteiger partial charge < -0.3 is 14.8 Å². The molecule has 8 heteroatoms. The largest absolute Gasteiger partial charge is 0.492 e. The minimum absolute atomic E-state index is 0.157. The third-order valence-corrected chi connectivity index (χ3v) is 5.85. The second kappa shape index (κ2) is 9.83. The van der Waals surface area contributed by atoms with Gasteiger partial charge in [-0.2, -0.15) is 5.10 Å². The zero-order valence-corrected chi connectivity index (χ0v) is 19.9. The van der Waals surface area contributed by atoms with E-state index in [1.54, 1.807) is 29.9 Å². The van der Waals surface area contributed by atoms with Crippen LogP contribution in [0.2, 0.25) is 0 Å². The molecule has 1 amide bonds. The first-order valence-electron chi connectivity index (χ1n) is 11.0. The lowest BCUT2D eigenvalue weighted by molar-refractivity contribution is -0.112. The van der Waals surface area contributed by atoms with E-state index < -0.39 is 11.7 Å². The van der Waals surface area contributed by atoms with Crippen molar-refractivity contribution in [3.63, 3.8) is 0 Å². The van der Waals surface area contributed by atoms with Gasteiger partial charge in [-0.05, 0) is 37.1 Å². The molecule has 1 N–H and O–H groups in total. The molecule has 0 aliphatic carbocycles. The molecule has 1 aromatic heterocycles. The van der Waals surface area contributed by atoms with Crippen molar-refractivity contribution < 1.29 is 19.1 Å². The number of rotatable bonds is 7. The van der Waals surface area contributed by atoms with Crippen molar-refractivity contribution in [3.8, 4) is 5.75 Å². The summed E-state index contributed by atoms with van der Waals surface area (Å²) in [7, 11) is 1.74. The summed E-state index contributed by atoms with van der Waals surface area (Å²) in [6.45, 7) is 14.6. The highest BCUT2D eigenvalue weighted by atomic mass is 16.5. The monoisotopic (exact) mass is 442 g/mol. The molecule has 0 unspecified atom stereocenters. The number of carbonyl (C=O) groups excluding carboxylic acids is 2. The fourth-order valence-electron chi connectivity index (χ4n) is 3.55. The minimum atomic E-state index is -0.683. The van der Waals surface area contributed by atoms with E-state index in [0.29, 0.717) is 18.0 Å². The van der Waals surface area contributed by atoms with Gasteiger partial charge in [0.15, 0.2) is 0 Å². The van der Waals surface area contributed by atoms with Crippen LogP contribution in [0.5, 0.6) is 5.75 Å². The molecule has 174 valence electrons. The summed E-state index contributed by atoms with van der Waals surface area (Å²) in [5, 5.41) is 7.13. The average molecular weight is 443 g/mol. The van der Waals surface area contributed by atoms with E-state index in [-0.39, 0.29) is 5.41 Å². The Hall–Kier alpha value is -2.71. The number of morpholine rings is 1. The summed E-state index contributed by atoms with van der Waals surface area (Å²) in [6, 6.07) is 5.23. The standard InChI is InChI=1S/C24H34N4O4/c1-16-17(2)19(32-14-11-28-9-12-31-13-10-28)8-7-18(16)22(29)23(30)25-21-15-20(24(3,4)5)26-27(21)6/h7-8,15H,9-14H2,1-6H3,(H,25,30). The van der Waals surface area contributed by atoms with Crippen molar-refractivity contribution in [1.29, 1.82) is 0 Å². The van der Waals surface area contributed by atoms with Crippen molar-refractivity contribution in [3.05, 3.63) is 40.6 Å². The maximum Gasteiger partial charge on any atom is 0.297 e. The molecule has 1 aliphatic heterocycles. The fourth-order valence-corrected chi connectivity index (χ4v) is 3.55. The lowest BCUT2D eigenvalue weighted by atomic mass is 9.92. The normalized spacial score (nSPS) is 14.9. The number of hydrogen-bond acceptors (Lipinski definition) is 6. The lowest BCUT2D eigenvalue weighted by Crippen LogP contribution is -2.38. The average Bonchev–Trinajstić information content (AvgIpc) is 3.12. The van der Waals surface area contributed by atoms with Gasteiger partial charge in [0.25, 0.3) is 11.7 Å².